The standard InChI is InChI=1S/C12H24OSi/c1-4-5-8-11(2)12(3)14-10-7-6-9-13-14/h14H,4-10H2,1-3H3. The zero-order valence-electron chi connectivity index (χ0n) is 9.94. The van der Waals surface area contributed by atoms with Crippen molar-refractivity contribution >= 4 is 9.04 Å². The van der Waals surface area contributed by atoms with Crippen LogP contribution in [0.25, 0.3) is 0 Å². The van der Waals surface area contributed by atoms with Gasteiger partial charge < -0.3 is 4.43 Å². The number of allylic oxidation sites excluding steroid dienone is 2. The Balaban J connectivity index is 2.46. The van der Waals surface area contributed by atoms with Crippen LogP contribution in [0.2, 0.25) is 6.04 Å². The minimum absolute atomic E-state index is 0.941. The van der Waals surface area contributed by atoms with Crippen LogP contribution in [0.15, 0.2) is 10.8 Å². The van der Waals surface area contributed by atoms with Crippen LogP contribution < -0.4 is 0 Å². The fourth-order valence-electron chi connectivity index (χ4n) is 2.00. The number of unbranched alkanes of at least 4 members (excludes halogenated alkanes) is 1. The SMILES string of the molecule is CCCCC(C)=C(C)[SiH]1CCCCO1. The number of hydrogen-bond acceptors (Lipinski definition) is 1. The summed E-state index contributed by atoms with van der Waals surface area (Å²) in [6, 6.07) is 1.37. The minimum atomic E-state index is -0.941. The third-order valence-corrected chi connectivity index (χ3v) is 6.27. The van der Waals surface area contributed by atoms with Crippen molar-refractivity contribution in [1.82, 2.24) is 0 Å². The van der Waals surface area contributed by atoms with Gasteiger partial charge in [-0.3, -0.25) is 0 Å². The minimum Gasteiger partial charge on any atom is -0.416 e. The second kappa shape index (κ2) is 6.41. The monoisotopic (exact) mass is 212 g/mol. The molecule has 1 nitrogen and oxygen atoms in total. The van der Waals surface area contributed by atoms with Crippen LogP contribution in [0.4, 0.5) is 0 Å². The highest BCUT2D eigenvalue weighted by Gasteiger charge is 2.19. The van der Waals surface area contributed by atoms with E-state index < -0.39 is 9.04 Å². The van der Waals surface area contributed by atoms with Crippen LogP contribution in [0.5, 0.6) is 0 Å². The Labute approximate surface area is 90.3 Å². The van der Waals surface area contributed by atoms with E-state index in [1.54, 1.807) is 10.8 Å². The van der Waals surface area contributed by atoms with Crippen LogP contribution in [-0.4, -0.2) is 15.6 Å². The molecule has 1 fully saturated rings. The molecule has 1 aliphatic rings. The molecular formula is C12H24OSi. The average molecular weight is 212 g/mol. The average Bonchev–Trinajstić information content (AvgIpc) is 2.26. The molecule has 0 aromatic carbocycles. The summed E-state index contributed by atoms with van der Waals surface area (Å²) in [4.78, 5) is 0. The van der Waals surface area contributed by atoms with E-state index in [1.165, 1.54) is 38.1 Å². The van der Waals surface area contributed by atoms with Crippen LogP contribution in [0.1, 0.15) is 52.9 Å². The molecule has 82 valence electrons. The topological polar surface area (TPSA) is 9.23 Å². The summed E-state index contributed by atoms with van der Waals surface area (Å²) in [7, 11) is -0.941. The fraction of sp³-hybridized carbons (Fsp3) is 0.833. The second-order valence-corrected chi connectivity index (χ2v) is 7.18. The molecule has 1 heterocycles. The fourth-order valence-corrected chi connectivity index (χ4v) is 4.65. The number of rotatable bonds is 4. The first kappa shape index (κ1) is 12.0. The van der Waals surface area contributed by atoms with E-state index in [0.29, 0.717) is 0 Å². The molecule has 1 unspecified atom stereocenters. The van der Waals surface area contributed by atoms with E-state index in [2.05, 4.69) is 20.8 Å². The second-order valence-electron chi connectivity index (χ2n) is 4.42. The first-order chi connectivity index (χ1) is 6.75. The smallest absolute Gasteiger partial charge is 0.203 e. The van der Waals surface area contributed by atoms with Gasteiger partial charge in [0.1, 0.15) is 0 Å². The molecule has 0 amide bonds. The highest BCUT2D eigenvalue weighted by atomic mass is 28.3. The maximum atomic E-state index is 5.92. The Kier molecular flexibility index (Phi) is 5.49. The highest BCUT2D eigenvalue weighted by molar-refractivity contribution is 6.60. The molecule has 1 aliphatic heterocycles. The molecule has 0 N–H and O–H groups in total. The lowest BCUT2D eigenvalue weighted by atomic mass is 10.1. The van der Waals surface area contributed by atoms with Gasteiger partial charge in [-0.1, -0.05) is 30.5 Å². The van der Waals surface area contributed by atoms with E-state index in [0.717, 1.165) is 6.61 Å². The molecule has 0 aromatic rings. The quantitative estimate of drug-likeness (QED) is 0.647. The van der Waals surface area contributed by atoms with Crippen LogP contribution in [0, 0.1) is 0 Å². The predicted octanol–water partition coefficient (Wildman–Crippen LogP) is 3.59. The molecule has 0 spiro atoms. The van der Waals surface area contributed by atoms with Crippen molar-refractivity contribution in [1.29, 1.82) is 0 Å². The van der Waals surface area contributed by atoms with E-state index in [9.17, 15) is 0 Å². The first-order valence-corrected chi connectivity index (χ1v) is 7.90. The summed E-state index contributed by atoms with van der Waals surface area (Å²) in [5.41, 5.74) is 1.62. The normalized spacial score (nSPS) is 24.6. The van der Waals surface area contributed by atoms with Gasteiger partial charge in [0.2, 0.25) is 9.04 Å². The van der Waals surface area contributed by atoms with Crippen molar-refractivity contribution in [3.05, 3.63) is 10.8 Å². The predicted molar refractivity (Wildman–Crippen MR) is 65.0 cm³/mol. The lowest BCUT2D eigenvalue weighted by Crippen LogP contribution is -2.25. The first-order valence-electron chi connectivity index (χ1n) is 6.03. The Bertz CT molecular complexity index is 192. The lowest BCUT2D eigenvalue weighted by Gasteiger charge is -2.23. The molecule has 1 rings (SSSR count). The molecule has 0 aliphatic carbocycles. The maximum Gasteiger partial charge on any atom is 0.203 e. The van der Waals surface area contributed by atoms with Crippen LogP contribution >= 0.6 is 0 Å². The molecule has 0 bridgehead atoms. The van der Waals surface area contributed by atoms with Crippen molar-refractivity contribution in [3.63, 3.8) is 0 Å². The molecule has 0 aromatic heterocycles. The number of hydrogen-bond donors (Lipinski definition) is 0. The molecule has 1 atom stereocenters. The summed E-state index contributed by atoms with van der Waals surface area (Å²) in [5, 5.41) is 1.64. The summed E-state index contributed by atoms with van der Waals surface area (Å²) >= 11 is 0. The van der Waals surface area contributed by atoms with E-state index >= 15 is 0 Å². The van der Waals surface area contributed by atoms with Crippen molar-refractivity contribution in [2.24, 2.45) is 0 Å². The van der Waals surface area contributed by atoms with E-state index in [-0.39, 0.29) is 0 Å². The zero-order chi connectivity index (χ0) is 10.4. The molecule has 1 saturated heterocycles. The van der Waals surface area contributed by atoms with Gasteiger partial charge in [0.25, 0.3) is 0 Å². The zero-order valence-corrected chi connectivity index (χ0v) is 11.1. The van der Waals surface area contributed by atoms with E-state index in [1.807, 2.05) is 0 Å². The van der Waals surface area contributed by atoms with Crippen LogP contribution in [-0.2, 0) is 4.43 Å². The van der Waals surface area contributed by atoms with Crippen molar-refractivity contribution in [2.75, 3.05) is 6.61 Å². The molecule has 0 radical (unpaired) electrons. The van der Waals surface area contributed by atoms with Gasteiger partial charge >= 0.3 is 0 Å². The third-order valence-electron chi connectivity index (χ3n) is 3.24. The summed E-state index contributed by atoms with van der Waals surface area (Å²) in [6.45, 7) is 7.90. The molecule has 2 heteroatoms. The Morgan fingerprint density at radius 2 is 2.07 bits per heavy atom. The van der Waals surface area contributed by atoms with Crippen LogP contribution in [0.3, 0.4) is 0 Å². The Morgan fingerprint density at radius 1 is 1.29 bits per heavy atom. The lowest BCUT2D eigenvalue weighted by molar-refractivity contribution is 0.291. The van der Waals surface area contributed by atoms with Gasteiger partial charge in [-0.15, -0.1) is 0 Å². The van der Waals surface area contributed by atoms with Crippen molar-refractivity contribution in [3.8, 4) is 0 Å². The van der Waals surface area contributed by atoms with Gasteiger partial charge in [-0.05, 0) is 39.2 Å². The largest absolute Gasteiger partial charge is 0.416 e. The van der Waals surface area contributed by atoms with Crippen molar-refractivity contribution < 1.29 is 4.43 Å². The van der Waals surface area contributed by atoms with E-state index in [4.69, 9.17) is 4.43 Å². The summed E-state index contributed by atoms with van der Waals surface area (Å²) < 4.78 is 5.92. The molecular weight excluding hydrogens is 188 g/mol. The van der Waals surface area contributed by atoms with Gasteiger partial charge in [0.15, 0.2) is 0 Å². The molecule has 0 saturated carbocycles. The van der Waals surface area contributed by atoms with Gasteiger partial charge in [-0.25, -0.2) is 0 Å². The van der Waals surface area contributed by atoms with Gasteiger partial charge in [0.05, 0.1) is 0 Å². The maximum absolute atomic E-state index is 5.92. The molecule has 14 heavy (non-hydrogen) atoms. The van der Waals surface area contributed by atoms with Gasteiger partial charge in [-0.2, -0.15) is 0 Å². The summed E-state index contributed by atoms with van der Waals surface area (Å²) in [5.74, 6) is 0. The Hall–Kier alpha value is -0.0831. The Morgan fingerprint density at radius 3 is 2.64 bits per heavy atom. The summed E-state index contributed by atoms with van der Waals surface area (Å²) in [6.07, 6.45) is 6.61. The highest BCUT2D eigenvalue weighted by Crippen LogP contribution is 2.21. The van der Waals surface area contributed by atoms with Gasteiger partial charge in [0, 0.05) is 6.61 Å². The third kappa shape index (κ3) is 3.58. The van der Waals surface area contributed by atoms with Crippen molar-refractivity contribution in [2.45, 2.75) is 58.9 Å².